The standard InChI is InChI=1S/C30H52/c1-20(2)9-8-10-22(5)26-13-14-27-25-12-11-24-19-23(21(3)4)15-17-29(24,6)28(25)16-18-30(26,27)7/h11,20-23,25-28H,8-10,12-19H2,1-7H3/t22-,23+,25?,26-,27+,28+,29+,30-/m1/s1. The first kappa shape index (κ1) is 22.9. The lowest BCUT2D eigenvalue weighted by Crippen LogP contribution is -2.50. The molecule has 172 valence electrons. The third kappa shape index (κ3) is 3.85. The third-order valence-corrected chi connectivity index (χ3v) is 11.3. The summed E-state index contributed by atoms with van der Waals surface area (Å²) < 4.78 is 0. The molecule has 0 aliphatic heterocycles. The van der Waals surface area contributed by atoms with Crippen LogP contribution >= 0.6 is 0 Å². The van der Waals surface area contributed by atoms with Gasteiger partial charge < -0.3 is 0 Å². The highest BCUT2D eigenvalue weighted by atomic mass is 14.6. The lowest BCUT2D eigenvalue weighted by Gasteiger charge is -2.59. The minimum atomic E-state index is 0.538. The van der Waals surface area contributed by atoms with E-state index in [1.807, 2.05) is 5.57 Å². The van der Waals surface area contributed by atoms with Crippen molar-refractivity contribution in [2.45, 2.75) is 119 Å². The van der Waals surface area contributed by atoms with Crippen LogP contribution in [0.4, 0.5) is 0 Å². The van der Waals surface area contributed by atoms with E-state index >= 15 is 0 Å². The first-order chi connectivity index (χ1) is 14.2. The lowest BCUT2D eigenvalue weighted by molar-refractivity contribution is -0.0538. The summed E-state index contributed by atoms with van der Waals surface area (Å²) in [5.41, 5.74) is 3.06. The van der Waals surface area contributed by atoms with Gasteiger partial charge in [0.25, 0.3) is 0 Å². The molecular formula is C30H52. The molecule has 0 heterocycles. The second kappa shape index (κ2) is 8.59. The van der Waals surface area contributed by atoms with Crippen LogP contribution in [0.25, 0.3) is 0 Å². The van der Waals surface area contributed by atoms with E-state index < -0.39 is 0 Å². The van der Waals surface area contributed by atoms with Gasteiger partial charge in [-0.1, -0.05) is 79.4 Å². The van der Waals surface area contributed by atoms with Crippen LogP contribution in [0.2, 0.25) is 0 Å². The molecule has 0 spiro atoms. The van der Waals surface area contributed by atoms with Gasteiger partial charge in [-0.05, 0) is 110 Å². The van der Waals surface area contributed by atoms with Crippen molar-refractivity contribution in [3.8, 4) is 0 Å². The maximum Gasteiger partial charge on any atom is -0.00851 e. The molecule has 0 aromatic heterocycles. The number of hydrogen-bond donors (Lipinski definition) is 0. The van der Waals surface area contributed by atoms with Gasteiger partial charge in [-0.25, -0.2) is 0 Å². The maximum atomic E-state index is 2.78. The Balaban J connectivity index is 1.48. The van der Waals surface area contributed by atoms with E-state index in [0.29, 0.717) is 10.8 Å². The smallest absolute Gasteiger partial charge is 0.00851 e. The highest BCUT2D eigenvalue weighted by Gasteiger charge is 2.59. The Labute approximate surface area is 189 Å². The van der Waals surface area contributed by atoms with E-state index in [1.54, 1.807) is 0 Å². The second-order valence-electron chi connectivity index (χ2n) is 13.5. The quantitative estimate of drug-likeness (QED) is 0.381. The van der Waals surface area contributed by atoms with Gasteiger partial charge in [-0.15, -0.1) is 0 Å². The van der Waals surface area contributed by atoms with Gasteiger partial charge in [0.15, 0.2) is 0 Å². The van der Waals surface area contributed by atoms with E-state index in [9.17, 15) is 0 Å². The van der Waals surface area contributed by atoms with Crippen molar-refractivity contribution in [3.05, 3.63) is 11.6 Å². The Morgan fingerprint density at radius 3 is 2.37 bits per heavy atom. The van der Waals surface area contributed by atoms with Crippen molar-refractivity contribution < 1.29 is 0 Å². The van der Waals surface area contributed by atoms with E-state index in [4.69, 9.17) is 0 Å². The van der Waals surface area contributed by atoms with Crippen LogP contribution in [0.3, 0.4) is 0 Å². The Hall–Kier alpha value is -0.260. The van der Waals surface area contributed by atoms with Crippen molar-refractivity contribution in [1.29, 1.82) is 0 Å². The van der Waals surface area contributed by atoms with Crippen LogP contribution in [0, 0.1) is 58.2 Å². The summed E-state index contributed by atoms with van der Waals surface area (Å²) in [6.45, 7) is 17.7. The Morgan fingerprint density at radius 2 is 1.67 bits per heavy atom. The fourth-order valence-electron chi connectivity index (χ4n) is 9.28. The van der Waals surface area contributed by atoms with E-state index in [-0.39, 0.29) is 0 Å². The molecule has 0 aromatic carbocycles. The summed E-state index contributed by atoms with van der Waals surface area (Å²) in [4.78, 5) is 0. The zero-order chi connectivity index (χ0) is 21.7. The first-order valence-corrected chi connectivity index (χ1v) is 13.9. The minimum Gasteiger partial charge on any atom is -0.0845 e. The summed E-state index contributed by atoms with van der Waals surface area (Å²) in [5.74, 6) is 7.57. The normalized spacial score (nSPS) is 44.4. The van der Waals surface area contributed by atoms with Gasteiger partial charge in [-0.2, -0.15) is 0 Å². The van der Waals surface area contributed by atoms with Crippen LogP contribution in [0.1, 0.15) is 119 Å². The number of fused-ring (bicyclic) bond motifs is 5. The highest BCUT2D eigenvalue weighted by Crippen LogP contribution is 2.67. The van der Waals surface area contributed by atoms with Gasteiger partial charge in [0, 0.05) is 0 Å². The van der Waals surface area contributed by atoms with Gasteiger partial charge in [0.05, 0.1) is 0 Å². The van der Waals surface area contributed by atoms with Crippen LogP contribution in [-0.4, -0.2) is 0 Å². The molecule has 3 saturated carbocycles. The van der Waals surface area contributed by atoms with Gasteiger partial charge in [0.1, 0.15) is 0 Å². The predicted octanol–water partition coefficient (Wildman–Crippen LogP) is 9.30. The molecule has 0 N–H and O–H groups in total. The summed E-state index contributed by atoms with van der Waals surface area (Å²) >= 11 is 0. The van der Waals surface area contributed by atoms with Gasteiger partial charge >= 0.3 is 0 Å². The van der Waals surface area contributed by atoms with E-state index in [1.165, 1.54) is 70.6 Å². The molecule has 0 saturated heterocycles. The van der Waals surface area contributed by atoms with Crippen molar-refractivity contribution in [1.82, 2.24) is 0 Å². The third-order valence-electron chi connectivity index (χ3n) is 11.3. The SMILES string of the molecule is CC(C)CCC[C@@H](C)[C@H]1CC[C@H]2C3CC=C4C[C@@H](C(C)C)CC[C@]4(C)[C@H]3CC[C@]12C. The largest absolute Gasteiger partial charge is 0.0845 e. The molecular weight excluding hydrogens is 360 g/mol. The Kier molecular flexibility index (Phi) is 6.56. The molecule has 0 heteroatoms. The summed E-state index contributed by atoms with van der Waals surface area (Å²) in [5, 5.41) is 0. The summed E-state index contributed by atoms with van der Waals surface area (Å²) in [6.07, 6.45) is 19.0. The zero-order valence-corrected chi connectivity index (χ0v) is 21.5. The lowest BCUT2D eigenvalue weighted by atomic mass is 9.46. The van der Waals surface area contributed by atoms with Crippen molar-refractivity contribution in [2.75, 3.05) is 0 Å². The number of rotatable bonds is 6. The topological polar surface area (TPSA) is 0 Å². The van der Waals surface area contributed by atoms with Crippen LogP contribution < -0.4 is 0 Å². The number of hydrogen-bond acceptors (Lipinski definition) is 0. The van der Waals surface area contributed by atoms with Crippen molar-refractivity contribution in [2.24, 2.45) is 58.2 Å². The zero-order valence-electron chi connectivity index (χ0n) is 21.5. The molecule has 0 bridgehead atoms. The average Bonchev–Trinajstić information content (AvgIpc) is 3.04. The van der Waals surface area contributed by atoms with Crippen LogP contribution in [-0.2, 0) is 0 Å². The van der Waals surface area contributed by atoms with Crippen LogP contribution in [0.5, 0.6) is 0 Å². The molecule has 0 amide bonds. The molecule has 4 aliphatic carbocycles. The highest BCUT2D eigenvalue weighted by molar-refractivity contribution is 5.25. The predicted molar refractivity (Wildman–Crippen MR) is 131 cm³/mol. The van der Waals surface area contributed by atoms with Crippen LogP contribution in [0.15, 0.2) is 11.6 Å². The maximum absolute atomic E-state index is 2.78. The van der Waals surface area contributed by atoms with E-state index in [2.05, 4.69) is 54.5 Å². The monoisotopic (exact) mass is 412 g/mol. The molecule has 4 rings (SSSR count). The summed E-state index contributed by atoms with van der Waals surface area (Å²) in [7, 11) is 0. The fraction of sp³-hybridized carbons (Fsp3) is 0.933. The molecule has 0 aromatic rings. The second-order valence-corrected chi connectivity index (χ2v) is 13.5. The minimum absolute atomic E-state index is 0.538. The summed E-state index contributed by atoms with van der Waals surface area (Å²) in [6, 6.07) is 0. The first-order valence-electron chi connectivity index (χ1n) is 13.9. The van der Waals surface area contributed by atoms with Gasteiger partial charge in [-0.3, -0.25) is 0 Å². The fourth-order valence-corrected chi connectivity index (χ4v) is 9.28. The van der Waals surface area contributed by atoms with Crippen molar-refractivity contribution >= 4 is 0 Å². The van der Waals surface area contributed by atoms with Crippen molar-refractivity contribution in [3.63, 3.8) is 0 Å². The molecule has 1 unspecified atom stereocenters. The Morgan fingerprint density at radius 1 is 0.900 bits per heavy atom. The Bertz CT molecular complexity index is 626. The molecule has 3 fully saturated rings. The molecule has 8 atom stereocenters. The molecule has 30 heavy (non-hydrogen) atoms. The molecule has 4 aliphatic rings. The van der Waals surface area contributed by atoms with E-state index in [0.717, 1.165) is 47.3 Å². The molecule has 0 radical (unpaired) electrons. The molecule has 0 nitrogen and oxygen atoms in total. The van der Waals surface area contributed by atoms with Gasteiger partial charge in [0.2, 0.25) is 0 Å². The average molecular weight is 413 g/mol. The number of allylic oxidation sites excluding steroid dienone is 2.